The molecule has 2 aromatic rings. The maximum absolute atomic E-state index is 10.9. The number of pyridine rings is 1. The lowest BCUT2D eigenvalue weighted by atomic mass is 10.1. The van der Waals surface area contributed by atoms with E-state index in [2.05, 4.69) is 9.83 Å². The first-order chi connectivity index (χ1) is 9.20. The van der Waals surface area contributed by atoms with Gasteiger partial charge in [-0.3, -0.25) is 4.98 Å². The molecule has 0 aliphatic rings. The maximum Gasteiger partial charge on any atom is 0.354 e. The highest BCUT2D eigenvalue weighted by atomic mass is 16.4. The average molecular weight is 252 g/mol. The average Bonchev–Trinajstić information content (AvgIpc) is 2.45. The number of aromatic carboxylic acids is 1. The van der Waals surface area contributed by atoms with Gasteiger partial charge >= 0.3 is 5.97 Å². The van der Waals surface area contributed by atoms with Gasteiger partial charge in [0.15, 0.2) is 0 Å². The van der Waals surface area contributed by atoms with Crippen molar-refractivity contribution in [3.05, 3.63) is 70.8 Å². The largest absolute Gasteiger partial charge is 0.477 e. The van der Waals surface area contributed by atoms with Crippen molar-refractivity contribution in [1.29, 1.82) is 0 Å². The van der Waals surface area contributed by atoms with E-state index in [0.29, 0.717) is 17.8 Å². The molecule has 1 N–H and O–H groups in total. The molecule has 0 aliphatic carbocycles. The van der Waals surface area contributed by atoms with Gasteiger partial charge in [-0.15, -0.1) is 0 Å². The Bertz CT molecular complexity index is 630. The second-order valence-corrected chi connectivity index (χ2v) is 4.06. The number of carbonyl (C=O) groups is 1. The fourth-order valence-electron chi connectivity index (χ4n) is 1.81. The topological polar surface area (TPSA) is 54.5 Å². The van der Waals surface area contributed by atoms with Crippen LogP contribution in [0.1, 0.15) is 21.7 Å². The Balaban J connectivity index is 2.21. The Kier molecular flexibility index (Phi) is 3.89. The van der Waals surface area contributed by atoms with Gasteiger partial charge in [0.05, 0.1) is 6.57 Å². The molecule has 0 amide bonds. The number of rotatable bonds is 4. The molecule has 0 aliphatic heterocycles. The van der Waals surface area contributed by atoms with Gasteiger partial charge in [-0.2, -0.15) is 0 Å². The van der Waals surface area contributed by atoms with Crippen LogP contribution in [0.4, 0.5) is 5.69 Å². The quantitative estimate of drug-likeness (QED) is 0.850. The minimum absolute atomic E-state index is 0.0181. The minimum Gasteiger partial charge on any atom is -0.477 e. The molecule has 0 fully saturated rings. The molecule has 1 aromatic heterocycles. The lowest BCUT2D eigenvalue weighted by Gasteiger charge is -2.05. The van der Waals surface area contributed by atoms with Gasteiger partial charge in [-0.25, -0.2) is 9.64 Å². The van der Waals surface area contributed by atoms with Gasteiger partial charge in [0.2, 0.25) is 5.69 Å². The highest BCUT2D eigenvalue weighted by molar-refractivity contribution is 5.85. The van der Waals surface area contributed by atoms with Crippen molar-refractivity contribution in [2.24, 2.45) is 0 Å². The number of benzene rings is 1. The Hall–Kier alpha value is -2.67. The number of carboxylic acid groups (broad SMARTS) is 1. The van der Waals surface area contributed by atoms with Crippen LogP contribution in [-0.4, -0.2) is 16.1 Å². The molecule has 4 nitrogen and oxygen atoms in total. The summed E-state index contributed by atoms with van der Waals surface area (Å²) in [5, 5.41) is 8.92. The van der Waals surface area contributed by atoms with Crippen molar-refractivity contribution in [3.63, 3.8) is 0 Å². The Morgan fingerprint density at radius 2 is 1.89 bits per heavy atom. The second-order valence-electron chi connectivity index (χ2n) is 4.06. The van der Waals surface area contributed by atoms with E-state index in [-0.39, 0.29) is 5.69 Å². The molecule has 4 heteroatoms. The molecule has 0 saturated heterocycles. The molecule has 1 heterocycles. The van der Waals surface area contributed by atoms with Crippen molar-refractivity contribution < 1.29 is 9.90 Å². The lowest BCUT2D eigenvalue weighted by Crippen LogP contribution is -2.03. The summed E-state index contributed by atoms with van der Waals surface area (Å²) in [6.07, 6.45) is 1.29. The smallest absolute Gasteiger partial charge is 0.354 e. The molecular weight excluding hydrogens is 240 g/mol. The highest BCUT2D eigenvalue weighted by Crippen LogP contribution is 2.19. The fraction of sp³-hybridized carbons (Fsp3) is 0.133. The van der Waals surface area contributed by atoms with E-state index >= 15 is 0 Å². The summed E-state index contributed by atoms with van der Waals surface area (Å²) in [4.78, 5) is 18.3. The Morgan fingerprint density at radius 1 is 1.16 bits per heavy atom. The standard InChI is InChI=1S/C15H12N2O2/c1-16-12-9-10-14(15(18)19)17-13(12)8-7-11-5-3-2-4-6-11/h2-6,9-10H,7-8H2,(H,18,19). The van der Waals surface area contributed by atoms with Gasteiger partial charge < -0.3 is 5.11 Å². The molecule has 0 saturated carbocycles. The molecular formula is C15H12N2O2. The van der Waals surface area contributed by atoms with Crippen LogP contribution in [0.25, 0.3) is 4.85 Å². The second kappa shape index (κ2) is 5.78. The molecule has 0 bridgehead atoms. The number of aryl methyl sites for hydroxylation is 2. The minimum atomic E-state index is -1.07. The molecule has 94 valence electrons. The van der Waals surface area contributed by atoms with Gasteiger partial charge in [-0.05, 0) is 24.5 Å². The number of hydrogen-bond acceptors (Lipinski definition) is 2. The van der Waals surface area contributed by atoms with Gasteiger partial charge in [0.25, 0.3) is 0 Å². The van der Waals surface area contributed by atoms with Gasteiger partial charge in [0.1, 0.15) is 5.69 Å². The summed E-state index contributed by atoms with van der Waals surface area (Å²) in [5.74, 6) is -1.07. The molecule has 0 unspecified atom stereocenters. The zero-order valence-corrected chi connectivity index (χ0v) is 10.2. The van der Waals surface area contributed by atoms with Crippen LogP contribution in [0.2, 0.25) is 0 Å². The van der Waals surface area contributed by atoms with Crippen LogP contribution < -0.4 is 0 Å². The van der Waals surface area contributed by atoms with E-state index in [1.807, 2.05) is 30.3 Å². The summed E-state index contributed by atoms with van der Waals surface area (Å²) in [5.41, 5.74) is 2.08. The van der Waals surface area contributed by atoms with Gasteiger partial charge in [-0.1, -0.05) is 36.4 Å². The molecule has 0 spiro atoms. The van der Waals surface area contributed by atoms with E-state index in [4.69, 9.17) is 11.7 Å². The Morgan fingerprint density at radius 3 is 2.53 bits per heavy atom. The summed E-state index contributed by atoms with van der Waals surface area (Å²) in [6.45, 7) is 7.08. The zero-order chi connectivity index (χ0) is 13.7. The van der Waals surface area contributed by atoms with Crippen LogP contribution in [0.5, 0.6) is 0 Å². The van der Waals surface area contributed by atoms with E-state index in [1.165, 1.54) is 12.1 Å². The summed E-state index contributed by atoms with van der Waals surface area (Å²) < 4.78 is 0. The third kappa shape index (κ3) is 3.17. The first kappa shape index (κ1) is 12.8. The van der Waals surface area contributed by atoms with Crippen LogP contribution in [0.15, 0.2) is 42.5 Å². The molecule has 19 heavy (non-hydrogen) atoms. The molecule has 0 radical (unpaired) electrons. The van der Waals surface area contributed by atoms with Crippen molar-refractivity contribution in [2.45, 2.75) is 12.8 Å². The lowest BCUT2D eigenvalue weighted by molar-refractivity contribution is 0.0690. The summed E-state index contributed by atoms with van der Waals surface area (Å²) in [7, 11) is 0. The predicted octanol–water partition coefficient (Wildman–Crippen LogP) is 3.12. The summed E-state index contributed by atoms with van der Waals surface area (Å²) >= 11 is 0. The monoisotopic (exact) mass is 252 g/mol. The Labute approximate surface area is 111 Å². The van der Waals surface area contributed by atoms with Gasteiger partial charge in [0, 0.05) is 5.69 Å². The number of hydrogen-bond donors (Lipinski definition) is 1. The third-order valence-corrected chi connectivity index (χ3v) is 2.78. The SMILES string of the molecule is [C-]#[N+]c1ccc(C(=O)O)nc1CCc1ccccc1. The fourth-order valence-corrected chi connectivity index (χ4v) is 1.81. The molecule has 0 atom stereocenters. The van der Waals surface area contributed by atoms with E-state index < -0.39 is 5.97 Å². The van der Waals surface area contributed by atoms with Crippen LogP contribution in [0.3, 0.4) is 0 Å². The first-order valence-corrected chi connectivity index (χ1v) is 5.85. The van der Waals surface area contributed by atoms with Crippen LogP contribution >= 0.6 is 0 Å². The molecule has 2 rings (SSSR count). The van der Waals surface area contributed by atoms with E-state index in [9.17, 15) is 4.79 Å². The normalized spacial score (nSPS) is 9.84. The zero-order valence-electron chi connectivity index (χ0n) is 10.2. The predicted molar refractivity (Wildman–Crippen MR) is 71.3 cm³/mol. The van der Waals surface area contributed by atoms with Crippen molar-refractivity contribution >= 4 is 11.7 Å². The van der Waals surface area contributed by atoms with E-state index in [0.717, 1.165) is 12.0 Å². The highest BCUT2D eigenvalue weighted by Gasteiger charge is 2.10. The third-order valence-electron chi connectivity index (χ3n) is 2.78. The molecule has 1 aromatic carbocycles. The van der Waals surface area contributed by atoms with Crippen LogP contribution in [-0.2, 0) is 12.8 Å². The van der Waals surface area contributed by atoms with E-state index in [1.54, 1.807) is 0 Å². The summed E-state index contributed by atoms with van der Waals surface area (Å²) in [6, 6.07) is 12.7. The first-order valence-electron chi connectivity index (χ1n) is 5.85. The maximum atomic E-state index is 10.9. The van der Waals surface area contributed by atoms with Crippen molar-refractivity contribution in [3.8, 4) is 0 Å². The number of aromatic nitrogens is 1. The number of carboxylic acids is 1. The van der Waals surface area contributed by atoms with Crippen molar-refractivity contribution in [1.82, 2.24) is 4.98 Å². The number of nitrogens with zero attached hydrogens (tertiary/aromatic N) is 2. The van der Waals surface area contributed by atoms with Crippen molar-refractivity contribution in [2.75, 3.05) is 0 Å². The van der Waals surface area contributed by atoms with Crippen LogP contribution in [0, 0.1) is 6.57 Å².